The van der Waals surface area contributed by atoms with Gasteiger partial charge in [0.1, 0.15) is 0 Å². The Kier molecular flexibility index (Phi) is 5.41. The lowest BCUT2D eigenvalue weighted by Crippen LogP contribution is -2.03. The van der Waals surface area contributed by atoms with Crippen molar-refractivity contribution in [3.05, 3.63) is 81.3 Å². The highest BCUT2D eigenvalue weighted by Gasteiger charge is 2.16. The van der Waals surface area contributed by atoms with Gasteiger partial charge in [0.05, 0.1) is 21.8 Å². The standard InChI is InChI=1S/C17H17NO4S/c1-12-3-9-16(10-4-12)23(22)13(2)11-17(19)14-5-7-15(8-6-14)18(20)21/h3-10,17,19H,2,11H2,1H3/t17-,23?/m1/s1. The Morgan fingerprint density at radius 2 is 1.78 bits per heavy atom. The zero-order valence-electron chi connectivity index (χ0n) is 12.6. The Hall–Kier alpha value is -2.31. The summed E-state index contributed by atoms with van der Waals surface area (Å²) in [5.41, 5.74) is 1.56. The van der Waals surface area contributed by atoms with Crippen molar-refractivity contribution in [2.75, 3.05) is 0 Å². The summed E-state index contributed by atoms with van der Waals surface area (Å²) in [6.07, 6.45) is -0.782. The molecule has 0 bridgehead atoms. The molecule has 0 fully saturated rings. The zero-order chi connectivity index (χ0) is 17.0. The van der Waals surface area contributed by atoms with E-state index in [0.717, 1.165) is 5.56 Å². The minimum absolute atomic E-state index is 0.0389. The predicted octanol–water partition coefficient (Wildman–Crippen LogP) is 3.65. The van der Waals surface area contributed by atoms with Crippen LogP contribution in [-0.2, 0) is 10.8 Å². The number of rotatable bonds is 6. The molecule has 0 spiro atoms. The highest BCUT2D eigenvalue weighted by molar-refractivity contribution is 7.89. The molecule has 120 valence electrons. The third kappa shape index (κ3) is 4.34. The van der Waals surface area contributed by atoms with E-state index in [-0.39, 0.29) is 12.1 Å². The number of nitro benzene ring substituents is 1. The number of aliphatic hydroxyl groups is 1. The first-order chi connectivity index (χ1) is 10.9. The summed E-state index contributed by atoms with van der Waals surface area (Å²) >= 11 is 0. The summed E-state index contributed by atoms with van der Waals surface area (Å²) in [6.45, 7) is 5.74. The van der Waals surface area contributed by atoms with Gasteiger partial charge in [-0.05, 0) is 36.8 Å². The van der Waals surface area contributed by atoms with Gasteiger partial charge in [0.25, 0.3) is 5.69 Å². The molecule has 5 nitrogen and oxygen atoms in total. The Balaban J connectivity index is 2.05. The van der Waals surface area contributed by atoms with E-state index in [1.807, 2.05) is 19.1 Å². The van der Waals surface area contributed by atoms with Gasteiger partial charge in [-0.15, -0.1) is 0 Å². The summed E-state index contributed by atoms with van der Waals surface area (Å²) in [7, 11) is -1.41. The zero-order valence-corrected chi connectivity index (χ0v) is 13.5. The molecule has 2 atom stereocenters. The number of aliphatic hydroxyl groups excluding tert-OH is 1. The summed E-state index contributed by atoms with van der Waals surface area (Å²) in [6, 6.07) is 12.9. The molecule has 2 aromatic carbocycles. The SMILES string of the molecule is C=C(C[C@@H](O)c1ccc([N+](=O)[O-])cc1)S(=O)c1ccc(C)cc1. The second-order valence-corrected chi connectivity index (χ2v) is 6.78. The van der Waals surface area contributed by atoms with Crippen LogP contribution in [0.5, 0.6) is 0 Å². The molecule has 1 unspecified atom stereocenters. The molecular formula is C17H17NO4S. The number of non-ortho nitro benzene ring substituents is 1. The molecule has 0 saturated carbocycles. The van der Waals surface area contributed by atoms with E-state index in [1.54, 1.807) is 12.1 Å². The van der Waals surface area contributed by atoms with Gasteiger partial charge in [0.2, 0.25) is 0 Å². The minimum atomic E-state index is -1.41. The van der Waals surface area contributed by atoms with Crippen molar-refractivity contribution >= 4 is 16.5 Å². The predicted molar refractivity (Wildman–Crippen MR) is 89.4 cm³/mol. The molecule has 1 N–H and O–H groups in total. The van der Waals surface area contributed by atoms with Crippen LogP contribution in [0, 0.1) is 17.0 Å². The molecule has 0 aliphatic rings. The van der Waals surface area contributed by atoms with Gasteiger partial charge >= 0.3 is 0 Å². The van der Waals surface area contributed by atoms with E-state index in [2.05, 4.69) is 6.58 Å². The third-order valence-electron chi connectivity index (χ3n) is 3.41. The fourth-order valence-electron chi connectivity index (χ4n) is 2.06. The molecule has 2 aromatic rings. The number of hydrogen-bond acceptors (Lipinski definition) is 4. The molecule has 6 heteroatoms. The molecule has 0 amide bonds. The average molecular weight is 331 g/mol. The van der Waals surface area contributed by atoms with Gasteiger partial charge in [-0.25, -0.2) is 4.21 Å². The Morgan fingerprint density at radius 3 is 2.30 bits per heavy atom. The topological polar surface area (TPSA) is 80.4 Å². The largest absolute Gasteiger partial charge is 0.388 e. The molecule has 23 heavy (non-hydrogen) atoms. The van der Waals surface area contributed by atoms with Crippen molar-refractivity contribution in [3.8, 4) is 0 Å². The van der Waals surface area contributed by atoms with E-state index in [0.29, 0.717) is 15.4 Å². The van der Waals surface area contributed by atoms with Gasteiger partial charge in [0.15, 0.2) is 0 Å². The van der Waals surface area contributed by atoms with Crippen molar-refractivity contribution in [1.29, 1.82) is 0 Å². The fourth-order valence-corrected chi connectivity index (χ4v) is 3.08. The number of aryl methyl sites for hydroxylation is 1. The van der Waals surface area contributed by atoms with Crippen LogP contribution in [0.3, 0.4) is 0 Å². The molecular weight excluding hydrogens is 314 g/mol. The lowest BCUT2D eigenvalue weighted by molar-refractivity contribution is -0.384. The molecule has 0 aliphatic heterocycles. The summed E-state index contributed by atoms with van der Waals surface area (Å²) < 4.78 is 12.4. The van der Waals surface area contributed by atoms with Gasteiger partial charge in [-0.3, -0.25) is 10.1 Å². The first kappa shape index (κ1) is 17.1. The highest BCUT2D eigenvalue weighted by Crippen LogP contribution is 2.26. The maximum Gasteiger partial charge on any atom is 0.269 e. The van der Waals surface area contributed by atoms with Gasteiger partial charge in [0, 0.05) is 28.4 Å². The van der Waals surface area contributed by atoms with E-state index >= 15 is 0 Å². The van der Waals surface area contributed by atoms with Crippen molar-refractivity contribution in [3.63, 3.8) is 0 Å². The number of nitro groups is 1. The average Bonchev–Trinajstić information content (AvgIpc) is 2.54. The van der Waals surface area contributed by atoms with Gasteiger partial charge in [-0.1, -0.05) is 24.3 Å². The van der Waals surface area contributed by atoms with E-state index < -0.39 is 21.8 Å². The van der Waals surface area contributed by atoms with Crippen molar-refractivity contribution in [2.45, 2.75) is 24.3 Å². The number of benzene rings is 2. The second kappa shape index (κ2) is 7.30. The summed E-state index contributed by atoms with van der Waals surface area (Å²) in [5, 5.41) is 20.8. The van der Waals surface area contributed by atoms with Crippen LogP contribution < -0.4 is 0 Å². The number of hydrogen-bond donors (Lipinski definition) is 1. The van der Waals surface area contributed by atoms with Crippen LogP contribution >= 0.6 is 0 Å². The minimum Gasteiger partial charge on any atom is -0.388 e. The summed E-state index contributed by atoms with van der Waals surface area (Å²) in [4.78, 5) is 11.2. The first-order valence-electron chi connectivity index (χ1n) is 6.97. The normalized spacial score (nSPS) is 13.3. The third-order valence-corrected chi connectivity index (χ3v) is 4.80. The highest BCUT2D eigenvalue weighted by atomic mass is 32.2. The second-order valence-electron chi connectivity index (χ2n) is 5.19. The monoisotopic (exact) mass is 331 g/mol. The van der Waals surface area contributed by atoms with Crippen LogP contribution in [0.4, 0.5) is 5.69 Å². The molecule has 2 rings (SSSR count). The quantitative estimate of drug-likeness (QED) is 0.647. The Bertz CT molecular complexity index is 738. The lowest BCUT2D eigenvalue weighted by Gasteiger charge is -2.13. The van der Waals surface area contributed by atoms with E-state index in [4.69, 9.17) is 0 Å². The maximum atomic E-state index is 12.4. The lowest BCUT2D eigenvalue weighted by atomic mass is 10.1. The molecule has 0 radical (unpaired) electrons. The van der Waals surface area contributed by atoms with Crippen LogP contribution in [-0.4, -0.2) is 14.2 Å². The molecule has 0 aliphatic carbocycles. The smallest absolute Gasteiger partial charge is 0.269 e. The fraction of sp³-hybridized carbons (Fsp3) is 0.176. The van der Waals surface area contributed by atoms with Crippen LogP contribution in [0.1, 0.15) is 23.7 Å². The van der Waals surface area contributed by atoms with Crippen LogP contribution in [0.2, 0.25) is 0 Å². The van der Waals surface area contributed by atoms with E-state index in [9.17, 15) is 19.4 Å². The van der Waals surface area contributed by atoms with Crippen molar-refractivity contribution in [2.24, 2.45) is 0 Å². The Morgan fingerprint density at radius 1 is 1.22 bits per heavy atom. The maximum absolute atomic E-state index is 12.4. The first-order valence-corrected chi connectivity index (χ1v) is 8.12. The van der Waals surface area contributed by atoms with E-state index in [1.165, 1.54) is 24.3 Å². The van der Waals surface area contributed by atoms with Crippen LogP contribution in [0.15, 0.2) is 64.9 Å². The molecule has 0 heterocycles. The van der Waals surface area contributed by atoms with Gasteiger partial charge < -0.3 is 5.11 Å². The molecule has 0 saturated heterocycles. The summed E-state index contributed by atoms with van der Waals surface area (Å²) in [5.74, 6) is 0. The van der Waals surface area contributed by atoms with Crippen molar-refractivity contribution in [1.82, 2.24) is 0 Å². The van der Waals surface area contributed by atoms with Crippen LogP contribution in [0.25, 0.3) is 0 Å². The number of nitrogens with zero attached hydrogens (tertiary/aromatic N) is 1. The Labute approximate surface area is 136 Å². The van der Waals surface area contributed by atoms with Crippen molar-refractivity contribution < 1.29 is 14.2 Å². The molecule has 0 aromatic heterocycles. The van der Waals surface area contributed by atoms with Gasteiger partial charge in [-0.2, -0.15) is 0 Å².